The highest BCUT2D eigenvalue weighted by atomic mass is 16.3. The summed E-state index contributed by atoms with van der Waals surface area (Å²) in [4.78, 5) is 4.87. The predicted octanol–water partition coefficient (Wildman–Crippen LogP) is 15.7. The van der Waals surface area contributed by atoms with E-state index in [0.717, 1.165) is 61.6 Å². The van der Waals surface area contributed by atoms with Gasteiger partial charge < -0.3 is 14.2 Å². The van der Waals surface area contributed by atoms with Gasteiger partial charge in [0.05, 0.1) is 22.7 Å². The van der Waals surface area contributed by atoms with E-state index in [4.69, 9.17) is 4.42 Å². The van der Waals surface area contributed by atoms with Gasteiger partial charge in [0, 0.05) is 43.9 Å². The molecule has 0 unspecified atom stereocenters. The Morgan fingerprint density at radius 3 is 1.39 bits per heavy atom. The van der Waals surface area contributed by atoms with Crippen LogP contribution < -0.4 is 9.80 Å². The van der Waals surface area contributed by atoms with Crippen molar-refractivity contribution in [1.82, 2.24) is 0 Å². The van der Waals surface area contributed by atoms with Gasteiger partial charge in [-0.05, 0) is 93.2 Å². The van der Waals surface area contributed by atoms with Crippen LogP contribution >= 0.6 is 0 Å². The molecule has 12 rings (SSSR count). The maximum atomic E-state index is 6.47. The van der Waals surface area contributed by atoms with Crippen LogP contribution in [0.5, 0.6) is 0 Å². The lowest BCUT2D eigenvalue weighted by atomic mass is 9.91. The Labute approximate surface area is 329 Å². The molecule has 0 saturated heterocycles. The number of nitrogens with zero attached hydrogens (tertiary/aromatic N) is 2. The number of hydrogen-bond acceptors (Lipinski definition) is 3. The van der Waals surface area contributed by atoms with Crippen LogP contribution in [0.15, 0.2) is 211 Å². The molecular formula is C54H34N2O. The Morgan fingerprint density at radius 1 is 0.281 bits per heavy atom. The molecule has 0 amide bonds. The molecule has 3 nitrogen and oxygen atoms in total. The Morgan fingerprint density at radius 2 is 0.754 bits per heavy atom. The maximum Gasteiger partial charge on any atom is 0.136 e. The molecule has 0 fully saturated rings. The number of furan rings is 1. The summed E-state index contributed by atoms with van der Waals surface area (Å²) in [5.41, 5.74) is 10.9. The monoisotopic (exact) mass is 726 g/mol. The van der Waals surface area contributed by atoms with Crippen LogP contribution in [0.2, 0.25) is 0 Å². The highest BCUT2D eigenvalue weighted by Crippen LogP contribution is 2.51. The molecule has 3 heteroatoms. The van der Waals surface area contributed by atoms with Crippen molar-refractivity contribution >= 4 is 99.2 Å². The summed E-state index contributed by atoms with van der Waals surface area (Å²) in [7, 11) is 0. The Hall–Kier alpha value is -7.62. The molecule has 11 aromatic carbocycles. The van der Waals surface area contributed by atoms with Crippen LogP contribution in [0.1, 0.15) is 0 Å². The van der Waals surface area contributed by atoms with Gasteiger partial charge in [0.15, 0.2) is 0 Å². The van der Waals surface area contributed by atoms with Crippen molar-refractivity contribution in [2.45, 2.75) is 0 Å². The molecule has 0 radical (unpaired) electrons. The molecule has 0 aliphatic carbocycles. The molecule has 12 aromatic rings. The normalized spacial score (nSPS) is 11.9. The fourth-order valence-corrected chi connectivity index (χ4v) is 9.29. The van der Waals surface area contributed by atoms with Gasteiger partial charge in [-0.2, -0.15) is 0 Å². The summed E-state index contributed by atoms with van der Waals surface area (Å²) in [5.74, 6) is 0. The quantitative estimate of drug-likeness (QED) is 0.153. The molecule has 0 saturated carbocycles. The molecule has 0 spiro atoms. The summed E-state index contributed by atoms with van der Waals surface area (Å²) in [6.45, 7) is 0. The van der Waals surface area contributed by atoms with E-state index in [1.165, 1.54) is 48.7 Å². The molecule has 0 bridgehead atoms. The Balaban J connectivity index is 1.16. The van der Waals surface area contributed by atoms with E-state index >= 15 is 0 Å². The molecule has 0 atom stereocenters. The fourth-order valence-electron chi connectivity index (χ4n) is 9.29. The maximum absolute atomic E-state index is 6.47. The average molecular weight is 727 g/mol. The van der Waals surface area contributed by atoms with E-state index in [9.17, 15) is 0 Å². The van der Waals surface area contributed by atoms with E-state index in [-0.39, 0.29) is 0 Å². The third-order valence-corrected chi connectivity index (χ3v) is 11.7. The Bertz CT molecular complexity index is 3370. The van der Waals surface area contributed by atoms with Crippen LogP contribution in [-0.4, -0.2) is 0 Å². The van der Waals surface area contributed by atoms with E-state index in [0.29, 0.717) is 0 Å². The highest BCUT2D eigenvalue weighted by Gasteiger charge is 2.25. The van der Waals surface area contributed by atoms with Crippen molar-refractivity contribution in [3.05, 3.63) is 206 Å². The summed E-state index contributed by atoms with van der Waals surface area (Å²) in [6.07, 6.45) is 0. The first-order valence-electron chi connectivity index (χ1n) is 19.5. The van der Waals surface area contributed by atoms with Crippen molar-refractivity contribution in [3.8, 4) is 11.1 Å². The van der Waals surface area contributed by atoms with Crippen molar-refractivity contribution < 1.29 is 4.42 Å². The zero-order valence-corrected chi connectivity index (χ0v) is 30.9. The fraction of sp³-hybridized carbons (Fsp3) is 0. The second kappa shape index (κ2) is 12.5. The van der Waals surface area contributed by atoms with Crippen molar-refractivity contribution in [2.75, 3.05) is 9.80 Å². The number of rotatable bonds is 7. The summed E-state index contributed by atoms with van der Waals surface area (Å²) in [5, 5.41) is 12.0. The Kier molecular flexibility index (Phi) is 6.93. The highest BCUT2D eigenvalue weighted by molar-refractivity contribution is 6.29. The van der Waals surface area contributed by atoms with Gasteiger partial charge >= 0.3 is 0 Å². The summed E-state index contributed by atoms with van der Waals surface area (Å²) < 4.78 is 6.47. The van der Waals surface area contributed by atoms with Gasteiger partial charge in [-0.3, -0.25) is 0 Å². The van der Waals surface area contributed by atoms with Gasteiger partial charge in [0.2, 0.25) is 0 Å². The van der Waals surface area contributed by atoms with Crippen LogP contribution in [0.4, 0.5) is 34.1 Å². The van der Waals surface area contributed by atoms with Gasteiger partial charge in [-0.15, -0.1) is 0 Å². The van der Waals surface area contributed by atoms with E-state index in [1.807, 2.05) is 0 Å². The predicted molar refractivity (Wildman–Crippen MR) is 241 cm³/mol. The van der Waals surface area contributed by atoms with Crippen LogP contribution in [0.25, 0.3) is 76.2 Å². The molecule has 0 aliphatic heterocycles. The molecule has 0 aliphatic rings. The molecular weight excluding hydrogens is 693 g/mol. The van der Waals surface area contributed by atoms with E-state index < -0.39 is 0 Å². The van der Waals surface area contributed by atoms with Crippen LogP contribution in [0.3, 0.4) is 0 Å². The lowest BCUT2D eigenvalue weighted by Gasteiger charge is -2.31. The first-order chi connectivity index (χ1) is 28.3. The number of benzene rings is 11. The van der Waals surface area contributed by atoms with Gasteiger partial charge in [-0.25, -0.2) is 0 Å². The van der Waals surface area contributed by atoms with Gasteiger partial charge in [0.1, 0.15) is 11.2 Å². The summed E-state index contributed by atoms with van der Waals surface area (Å²) >= 11 is 0. The second-order valence-electron chi connectivity index (χ2n) is 14.8. The van der Waals surface area contributed by atoms with Crippen LogP contribution in [-0.2, 0) is 0 Å². The number of anilines is 6. The zero-order chi connectivity index (χ0) is 37.5. The number of hydrogen-bond donors (Lipinski definition) is 0. The van der Waals surface area contributed by atoms with Gasteiger partial charge in [0.25, 0.3) is 0 Å². The van der Waals surface area contributed by atoms with Gasteiger partial charge in [-0.1, -0.05) is 146 Å². The van der Waals surface area contributed by atoms with Crippen molar-refractivity contribution in [3.63, 3.8) is 0 Å². The van der Waals surface area contributed by atoms with Crippen molar-refractivity contribution in [2.24, 2.45) is 0 Å². The molecule has 266 valence electrons. The first-order valence-corrected chi connectivity index (χ1v) is 19.5. The smallest absolute Gasteiger partial charge is 0.136 e. The SMILES string of the molecule is c1ccc(-c2ccccc2N(c2ccc3ccc4c(N(c5ccccc5)c5ccccc5)ccc5ccc2c3c54)c2ccc3oc4cccc5ccc2c3c54)cc1. The minimum atomic E-state index is 0.904. The van der Waals surface area contributed by atoms with E-state index in [2.05, 4.69) is 216 Å². The summed E-state index contributed by atoms with van der Waals surface area (Å²) in [6, 6.07) is 74.6. The molecule has 1 aromatic heterocycles. The minimum Gasteiger partial charge on any atom is -0.456 e. The van der Waals surface area contributed by atoms with Crippen molar-refractivity contribution in [1.29, 1.82) is 0 Å². The second-order valence-corrected chi connectivity index (χ2v) is 14.8. The topological polar surface area (TPSA) is 19.6 Å². The first kappa shape index (κ1) is 31.7. The molecule has 0 N–H and O–H groups in total. The standard InChI is InChI=1S/C54H34N2O/c1-4-13-35(14-5-1)41-20-10-11-21-45(41)56(48-33-34-50-54-44(48)30-23-36-15-12-22-49(57-50)53(36)54)47-32-27-38-24-28-42-46(31-26-37-25-29-43(47)52(38)51(37)42)55(39-16-6-2-7-17-39)40-18-8-3-9-19-40/h1-34H. The largest absolute Gasteiger partial charge is 0.456 e. The third kappa shape index (κ3) is 4.79. The zero-order valence-electron chi connectivity index (χ0n) is 30.9. The number of para-hydroxylation sites is 3. The van der Waals surface area contributed by atoms with E-state index in [1.54, 1.807) is 0 Å². The average Bonchev–Trinajstić information content (AvgIpc) is 3.67. The van der Waals surface area contributed by atoms with Crippen LogP contribution in [0, 0.1) is 0 Å². The molecule has 1 heterocycles. The minimum absolute atomic E-state index is 0.904. The lowest BCUT2D eigenvalue weighted by Crippen LogP contribution is -2.12. The lowest BCUT2D eigenvalue weighted by molar-refractivity contribution is 0.669. The molecule has 57 heavy (non-hydrogen) atoms. The third-order valence-electron chi connectivity index (χ3n) is 11.7.